The molecule has 0 saturated carbocycles. The Morgan fingerprint density at radius 2 is 2.26 bits per heavy atom. The Labute approximate surface area is 190 Å². The minimum absolute atomic E-state index is 0.0291. The second-order valence-corrected chi connectivity index (χ2v) is 10.7. The maximum absolute atomic E-state index is 12.7. The lowest BCUT2D eigenvalue weighted by atomic mass is 10.1. The van der Waals surface area contributed by atoms with Crippen molar-refractivity contribution in [3.05, 3.63) is 35.5 Å². The van der Waals surface area contributed by atoms with E-state index in [0.29, 0.717) is 23.5 Å². The lowest BCUT2D eigenvalue weighted by Crippen LogP contribution is -2.30. The summed E-state index contributed by atoms with van der Waals surface area (Å²) in [4.78, 5) is 30.2. The molecule has 9 heteroatoms. The summed E-state index contributed by atoms with van der Waals surface area (Å²) in [6, 6.07) is 6.33. The first-order valence-electron chi connectivity index (χ1n) is 10.6. The molecule has 7 nitrogen and oxygen atoms in total. The summed E-state index contributed by atoms with van der Waals surface area (Å²) in [5, 5.41) is 13.2. The van der Waals surface area contributed by atoms with Crippen LogP contribution in [-0.4, -0.2) is 50.2 Å². The van der Waals surface area contributed by atoms with Crippen LogP contribution in [0.5, 0.6) is 0 Å². The maximum Gasteiger partial charge on any atom is 0.231 e. The van der Waals surface area contributed by atoms with Gasteiger partial charge in [0.25, 0.3) is 0 Å². The summed E-state index contributed by atoms with van der Waals surface area (Å²) < 4.78 is 0.850. The third-order valence-electron chi connectivity index (χ3n) is 5.67. The molecule has 2 atom stereocenters. The number of aromatic amines is 1. The molecule has 1 aliphatic rings. The van der Waals surface area contributed by atoms with Gasteiger partial charge in [-0.05, 0) is 37.5 Å². The minimum Gasteiger partial charge on any atom is -0.361 e. The van der Waals surface area contributed by atoms with Crippen LogP contribution in [-0.2, 0) is 16.0 Å². The highest BCUT2D eigenvalue weighted by molar-refractivity contribution is 8.01. The Morgan fingerprint density at radius 3 is 3.06 bits per heavy atom. The van der Waals surface area contributed by atoms with E-state index >= 15 is 0 Å². The van der Waals surface area contributed by atoms with Crippen LogP contribution in [0.3, 0.4) is 0 Å². The van der Waals surface area contributed by atoms with Gasteiger partial charge in [0.1, 0.15) is 0 Å². The van der Waals surface area contributed by atoms with E-state index in [4.69, 9.17) is 0 Å². The fourth-order valence-corrected chi connectivity index (χ4v) is 5.69. The molecule has 31 heavy (non-hydrogen) atoms. The van der Waals surface area contributed by atoms with Gasteiger partial charge < -0.3 is 15.2 Å². The van der Waals surface area contributed by atoms with E-state index in [1.54, 1.807) is 16.7 Å². The van der Waals surface area contributed by atoms with E-state index < -0.39 is 0 Å². The topological polar surface area (TPSA) is 91.0 Å². The van der Waals surface area contributed by atoms with Gasteiger partial charge >= 0.3 is 0 Å². The number of nitrogens with one attached hydrogen (secondary N) is 2. The number of nitrogens with zero attached hydrogens (tertiary/aromatic N) is 3. The monoisotopic (exact) mass is 457 g/mol. The summed E-state index contributed by atoms with van der Waals surface area (Å²) in [6.45, 7) is 7.40. The van der Waals surface area contributed by atoms with Crippen molar-refractivity contribution in [2.75, 3.05) is 18.4 Å². The molecule has 0 bridgehead atoms. The average molecular weight is 458 g/mol. The lowest BCUT2D eigenvalue weighted by molar-refractivity contribution is -0.128. The smallest absolute Gasteiger partial charge is 0.231 e. The molecule has 164 valence electrons. The van der Waals surface area contributed by atoms with Crippen molar-refractivity contribution in [2.24, 2.45) is 5.92 Å². The first-order chi connectivity index (χ1) is 14.9. The fraction of sp³-hybridized carbons (Fsp3) is 0.455. The van der Waals surface area contributed by atoms with Gasteiger partial charge in [-0.25, -0.2) is 0 Å². The van der Waals surface area contributed by atoms with E-state index in [1.165, 1.54) is 27.8 Å². The van der Waals surface area contributed by atoms with Crippen LogP contribution in [0.25, 0.3) is 10.9 Å². The van der Waals surface area contributed by atoms with Crippen molar-refractivity contribution < 1.29 is 9.59 Å². The summed E-state index contributed by atoms with van der Waals surface area (Å²) in [7, 11) is 0. The molecular weight excluding hydrogens is 430 g/mol. The van der Waals surface area contributed by atoms with Crippen LogP contribution in [0.15, 0.2) is 28.7 Å². The Kier molecular flexibility index (Phi) is 6.62. The number of anilines is 1. The summed E-state index contributed by atoms with van der Waals surface area (Å²) in [6.07, 6.45) is 4.06. The van der Waals surface area contributed by atoms with Crippen LogP contribution >= 0.6 is 23.1 Å². The molecule has 2 amide bonds. The van der Waals surface area contributed by atoms with Crippen LogP contribution < -0.4 is 5.32 Å². The first-order valence-corrected chi connectivity index (χ1v) is 12.3. The van der Waals surface area contributed by atoms with Crippen molar-refractivity contribution in [2.45, 2.75) is 49.6 Å². The van der Waals surface area contributed by atoms with Crippen molar-refractivity contribution in [1.82, 2.24) is 20.1 Å². The number of hydrogen-bond donors (Lipinski definition) is 2. The highest BCUT2D eigenvalue weighted by Gasteiger charge is 2.34. The predicted molar refractivity (Wildman–Crippen MR) is 126 cm³/mol. The quantitative estimate of drug-likeness (QED) is 0.390. The Bertz CT molecular complexity index is 1090. The number of likely N-dealkylation sites (tertiary alicyclic amines) is 1. The molecule has 1 saturated heterocycles. The van der Waals surface area contributed by atoms with Crippen LogP contribution in [0.1, 0.15) is 37.8 Å². The lowest BCUT2D eigenvalue weighted by Gasteiger charge is -2.16. The number of amides is 2. The maximum atomic E-state index is 12.7. The van der Waals surface area contributed by atoms with Crippen molar-refractivity contribution in [3.63, 3.8) is 0 Å². The highest BCUT2D eigenvalue weighted by atomic mass is 32.2. The zero-order valence-corrected chi connectivity index (χ0v) is 19.6. The second-order valence-electron chi connectivity index (χ2n) is 8.05. The van der Waals surface area contributed by atoms with Gasteiger partial charge in [-0.15, -0.1) is 10.2 Å². The number of rotatable bonds is 8. The number of carbonyl (C=O) groups excluding carboxylic acids is 2. The van der Waals surface area contributed by atoms with E-state index in [0.717, 1.165) is 22.7 Å². The zero-order valence-electron chi connectivity index (χ0n) is 18.0. The zero-order chi connectivity index (χ0) is 22.0. The summed E-state index contributed by atoms with van der Waals surface area (Å²) in [5.74, 6) is -0.483. The van der Waals surface area contributed by atoms with E-state index in [9.17, 15) is 9.59 Å². The fourth-order valence-electron chi connectivity index (χ4n) is 3.69. The number of carbonyl (C=O) groups is 2. The largest absolute Gasteiger partial charge is 0.361 e. The molecule has 2 aromatic heterocycles. The molecule has 2 N–H and O–H groups in total. The highest BCUT2D eigenvalue weighted by Crippen LogP contribution is 2.30. The number of aromatic nitrogens is 3. The van der Waals surface area contributed by atoms with Crippen LogP contribution in [0, 0.1) is 12.8 Å². The molecule has 4 rings (SSSR count). The number of hydrogen-bond acceptors (Lipinski definition) is 6. The van der Waals surface area contributed by atoms with Gasteiger partial charge in [0, 0.05) is 41.9 Å². The SMILES string of the molecule is CCC(C)Sc1nnc(NC(=O)C2CC(=O)N(CCc3c[nH]c4ccc(C)cc34)C2)s1. The number of aryl methyl sites for hydroxylation is 1. The van der Waals surface area contributed by atoms with Crippen molar-refractivity contribution in [3.8, 4) is 0 Å². The Hall–Kier alpha value is -2.39. The van der Waals surface area contributed by atoms with Gasteiger partial charge in [0.15, 0.2) is 4.34 Å². The molecule has 1 fully saturated rings. The molecule has 0 spiro atoms. The normalized spacial score (nSPS) is 17.5. The molecule has 2 unspecified atom stereocenters. The number of H-pyrrole nitrogens is 1. The van der Waals surface area contributed by atoms with Crippen LogP contribution in [0.4, 0.5) is 5.13 Å². The molecule has 0 aliphatic carbocycles. The number of thioether (sulfide) groups is 1. The predicted octanol–water partition coefficient (Wildman–Crippen LogP) is 4.25. The van der Waals surface area contributed by atoms with Gasteiger partial charge in [0.2, 0.25) is 16.9 Å². The molecule has 3 aromatic rings. The molecule has 1 aromatic carbocycles. The molecule has 1 aliphatic heterocycles. The second kappa shape index (κ2) is 9.40. The van der Waals surface area contributed by atoms with Gasteiger partial charge in [-0.1, -0.05) is 48.6 Å². The van der Waals surface area contributed by atoms with Crippen molar-refractivity contribution in [1.29, 1.82) is 0 Å². The van der Waals surface area contributed by atoms with E-state index in [-0.39, 0.29) is 24.2 Å². The van der Waals surface area contributed by atoms with Gasteiger partial charge in [0.05, 0.1) is 5.92 Å². The van der Waals surface area contributed by atoms with E-state index in [1.807, 2.05) is 6.20 Å². The Morgan fingerprint density at radius 1 is 1.42 bits per heavy atom. The molecular formula is C22H27N5O2S2. The number of benzene rings is 1. The molecule has 3 heterocycles. The van der Waals surface area contributed by atoms with E-state index in [2.05, 4.69) is 59.5 Å². The van der Waals surface area contributed by atoms with Crippen LogP contribution in [0.2, 0.25) is 0 Å². The standard InChI is InChI=1S/C22H27N5O2S2/c1-4-14(3)30-22-26-25-21(31-22)24-20(29)16-10-19(28)27(12-16)8-7-15-11-23-18-6-5-13(2)9-17(15)18/h5-6,9,11,14,16,23H,4,7-8,10,12H2,1-3H3,(H,24,25,29). The summed E-state index contributed by atoms with van der Waals surface area (Å²) in [5.41, 5.74) is 3.51. The van der Waals surface area contributed by atoms with Crippen molar-refractivity contribution >= 4 is 50.9 Å². The van der Waals surface area contributed by atoms with Gasteiger partial charge in [-0.2, -0.15) is 0 Å². The minimum atomic E-state index is -0.354. The Balaban J connectivity index is 1.32. The van der Waals surface area contributed by atoms with Gasteiger partial charge in [-0.3, -0.25) is 9.59 Å². The third kappa shape index (κ3) is 5.10. The first kappa shape index (κ1) is 21.8. The molecule has 0 radical (unpaired) electrons. The third-order valence-corrected chi connectivity index (χ3v) is 7.86. The number of fused-ring (bicyclic) bond motifs is 1. The average Bonchev–Trinajstić information content (AvgIpc) is 3.45. The summed E-state index contributed by atoms with van der Waals surface area (Å²) >= 11 is 3.04.